The topological polar surface area (TPSA) is 95.4 Å². The molecule has 0 N–H and O–H groups in total. The molecule has 0 unspecified atom stereocenters. The summed E-state index contributed by atoms with van der Waals surface area (Å²) in [5, 5.41) is 8.93. The Kier molecular flexibility index (Phi) is 4.77. The van der Waals surface area contributed by atoms with E-state index in [1.165, 1.54) is 0 Å². The van der Waals surface area contributed by atoms with Crippen LogP contribution in [0.1, 0.15) is 34.1 Å². The third-order valence-electron chi connectivity index (χ3n) is 6.00. The van der Waals surface area contributed by atoms with Crippen LogP contribution in [0.15, 0.2) is 43.2 Å². The molecule has 0 radical (unpaired) electrons. The van der Waals surface area contributed by atoms with Crippen molar-refractivity contribution in [1.29, 1.82) is 0 Å². The molecule has 4 aromatic heterocycles. The highest BCUT2D eigenvalue weighted by molar-refractivity contribution is 5.70. The first-order valence-corrected chi connectivity index (χ1v) is 11.0. The summed E-state index contributed by atoms with van der Waals surface area (Å²) in [7, 11) is 1.88. The largest absolute Gasteiger partial charge is 0.444 e. The molecule has 1 aliphatic heterocycles. The Morgan fingerprint density at radius 1 is 1.15 bits per heavy atom. The lowest BCUT2D eigenvalue weighted by Crippen LogP contribution is -2.64. The highest BCUT2D eigenvalue weighted by Crippen LogP contribution is 2.34. The summed E-state index contributed by atoms with van der Waals surface area (Å²) in [6.07, 6.45) is 11.8. The molecule has 0 saturated carbocycles. The van der Waals surface area contributed by atoms with Crippen molar-refractivity contribution in [2.45, 2.75) is 45.3 Å². The van der Waals surface area contributed by atoms with E-state index in [4.69, 9.17) is 9.72 Å². The van der Waals surface area contributed by atoms with E-state index in [0.717, 1.165) is 34.7 Å². The highest BCUT2D eigenvalue weighted by Gasteiger charge is 2.47. The summed E-state index contributed by atoms with van der Waals surface area (Å²) in [6.45, 7) is 8.86. The summed E-state index contributed by atoms with van der Waals surface area (Å²) in [4.78, 5) is 23.5. The van der Waals surface area contributed by atoms with E-state index in [1.807, 2.05) is 67.8 Å². The lowest BCUT2D eigenvalue weighted by atomic mass is 9.87. The van der Waals surface area contributed by atoms with Crippen LogP contribution in [0.4, 0.5) is 4.79 Å². The molecule has 0 spiro atoms. The number of aromatic nitrogens is 7. The molecule has 1 fully saturated rings. The van der Waals surface area contributed by atoms with Gasteiger partial charge >= 0.3 is 6.09 Å². The molecule has 5 rings (SSSR count). The van der Waals surface area contributed by atoms with Gasteiger partial charge in [-0.15, -0.1) is 0 Å². The van der Waals surface area contributed by atoms with Crippen molar-refractivity contribution < 1.29 is 9.53 Å². The number of nitrogens with zero attached hydrogens (tertiary/aromatic N) is 8. The average Bonchev–Trinajstić information content (AvgIpc) is 3.46. The fraction of sp³-hybridized carbons (Fsp3) is 0.435. The Morgan fingerprint density at radius 2 is 1.91 bits per heavy atom. The standard InChI is InChI=1S/C23H28N8O2/c1-6-23(14-29(15-23)21(32)33-22(2,3)4)31-13-17(11-26-31)20-27-18(16-10-25-28(5)12-16)9-19-24-7-8-30(19)20/h7-13H,6,14-15H2,1-5H3. The third kappa shape index (κ3) is 3.75. The number of imidazole rings is 1. The van der Waals surface area contributed by atoms with Gasteiger partial charge in [0, 0.05) is 43.5 Å². The van der Waals surface area contributed by atoms with Gasteiger partial charge in [0.05, 0.1) is 42.3 Å². The Labute approximate surface area is 191 Å². The summed E-state index contributed by atoms with van der Waals surface area (Å²) >= 11 is 0. The van der Waals surface area contributed by atoms with Crippen LogP contribution < -0.4 is 0 Å². The van der Waals surface area contributed by atoms with Gasteiger partial charge in [0.25, 0.3) is 0 Å². The Balaban J connectivity index is 1.45. The minimum absolute atomic E-state index is 0.260. The van der Waals surface area contributed by atoms with Gasteiger partial charge in [-0.2, -0.15) is 10.2 Å². The molecule has 172 valence electrons. The number of carbonyl (C=O) groups excluding carboxylic acids is 1. The van der Waals surface area contributed by atoms with Gasteiger partial charge in [0.15, 0.2) is 0 Å². The van der Waals surface area contributed by atoms with Crippen LogP contribution >= 0.6 is 0 Å². The van der Waals surface area contributed by atoms with E-state index in [2.05, 4.69) is 22.1 Å². The number of ether oxygens (including phenoxy) is 1. The van der Waals surface area contributed by atoms with Gasteiger partial charge in [-0.05, 0) is 27.2 Å². The van der Waals surface area contributed by atoms with Crippen LogP contribution in [-0.4, -0.2) is 63.6 Å². The molecule has 4 aromatic rings. The average molecular weight is 449 g/mol. The molecular formula is C23H28N8O2. The fourth-order valence-electron chi connectivity index (χ4n) is 4.18. The third-order valence-corrected chi connectivity index (χ3v) is 6.00. The summed E-state index contributed by atoms with van der Waals surface area (Å²) in [6, 6.07) is 1.95. The van der Waals surface area contributed by atoms with E-state index < -0.39 is 5.60 Å². The molecule has 1 aliphatic rings. The van der Waals surface area contributed by atoms with Crippen LogP contribution in [0, 0.1) is 0 Å². The van der Waals surface area contributed by atoms with Crippen LogP contribution in [0.25, 0.3) is 28.3 Å². The first kappa shape index (κ1) is 21.2. The number of carbonyl (C=O) groups is 1. The first-order chi connectivity index (χ1) is 15.7. The van der Waals surface area contributed by atoms with Crippen molar-refractivity contribution in [3.63, 3.8) is 0 Å². The monoisotopic (exact) mass is 448 g/mol. The van der Waals surface area contributed by atoms with Gasteiger partial charge in [-0.25, -0.2) is 14.8 Å². The van der Waals surface area contributed by atoms with Crippen molar-refractivity contribution in [3.05, 3.63) is 43.2 Å². The Morgan fingerprint density at radius 3 is 2.58 bits per heavy atom. The number of aryl methyl sites for hydroxylation is 1. The lowest BCUT2D eigenvalue weighted by Gasteiger charge is -2.49. The maximum atomic E-state index is 12.4. The molecule has 10 nitrogen and oxygen atoms in total. The zero-order chi connectivity index (χ0) is 23.4. The van der Waals surface area contributed by atoms with E-state index in [9.17, 15) is 4.79 Å². The SMILES string of the molecule is CCC1(n2cc(-c3nc(-c4cnn(C)c4)cc4nccn34)cn2)CN(C(=O)OC(C)(C)C)C1. The number of rotatable bonds is 4. The van der Waals surface area contributed by atoms with E-state index in [0.29, 0.717) is 13.1 Å². The second-order valence-electron chi connectivity index (χ2n) is 9.61. The van der Waals surface area contributed by atoms with Crippen LogP contribution in [-0.2, 0) is 17.3 Å². The second kappa shape index (κ2) is 7.43. The molecule has 1 amide bonds. The zero-order valence-electron chi connectivity index (χ0n) is 19.6. The van der Waals surface area contributed by atoms with Gasteiger partial charge < -0.3 is 9.64 Å². The number of hydrogen-bond donors (Lipinski definition) is 0. The minimum Gasteiger partial charge on any atom is -0.444 e. The molecule has 0 bridgehead atoms. The predicted octanol–water partition coefficient (Wildman–Crippen LogP) is 3.35. The smallest absolute Gasteiger partial charge is 0.410 e. The molecule has 33 heavy (non-hydrogen) atoms. The summed E-state index contributed by atoms with van der Waals surface area (Å²) in [5.41, 5.74) is 2.64. The molecule has 1 saturated heterocycles. The molecule has 0 atom stereocenters. The maximum absolute atomic E-state index is 12.4. The van der Waals surface area contributed by atoms with Crippen molar-refractivity contribution >= 4 is 11.7 Å². The van der Waals surface area contributed by atoms with Gasteiger partial charge in [-0.1, -0.05) is 6.92 Å². The van der Waals surface area contributed by atoms with Crippen molar-refractivity contribution in [1.82, 2.24) is 38.8 Å². The maximum Gasteiger partial charge on any atom is 0.410 e. The van der Waals surface area contributed by atoms with Crippen LogP contribution in [0.3, 0.4) is 0 Å². The fourth-order valence-corrected chi connectivity index (χ4v) is 4.18. The normalized spacial score (nSPS) is 15.6. The van der Waals surface area contributed by atoms with Crippen LogP contribution in [0.2, 0.25) is 0 Å². The second-order valence-corrected chi connectivity index (χ2v) is 9.61. The molecule has 0 aliphatic carbocycles. The van der Waals surface area contributed by atoms with Crippen molar-refractivity contribution in [2.75, 3.05) is 13.1 Å². The van der Waals surface area contributed by atoms with Gasteiger partial charge in [0.1, 0.15) is 17.1 Å². The Bertz CT molecular complexity index is 1320. The lowest BCUT2D eigenvalue weighted by molar-refractivity contribution is -0.0343. The number of likely N-dealkylation sites (tertiary alicyclic amines) is 1. The van der Waals surface area contributed by atoms with E-state index in [1.54, 1.807) is 22.0 Å². The van der Waals surface area contributed by atoms with Crippen LogP contribution in [0.5, 0.6) is 0 Å². The first-order valence-electron chi connectivity index (χ1n) is 11.0. The predicted molar refractivity (Wildman–Crippen MR) is 122 cm³/mol. The van der Waals surface area contributed by atoms with E-state index >= 15 is 0 Å². The summed E-state index contributed by atoms with van der Waals surface area (Å²) < 4.78 is 11.2. The quantitative estimate of drug-likeness (QED) is 0.475. The number of fused-ring (bicyclic) bond motifs is 1. The highest BCUT2D eigenvalue weighted by atomic mass is 16.6. The summed E-state index contributed by atoms with van der Waals surface area (Å²) in [5.74, 6) is 0.754. The zero-order valence-corrected chi connectivity index (χ0v) is 19.6. The number of amides is 1. The molecule has 0 aromatic carbocycles. The molecule has 5 heterocycles. The van der Waals surface area contributed by atoms with Gasteiger partial charge in [-0.3, -0.25) is 13.8 Å². The van der Waals surface area contributed by atoms with E-state index in [-0.39, 0.29) is 11.6 Å². The number of hydrogen-bond acceptors (Lipinski definition) is 6. The van der Waals surface area contributed by atoms with Crippen molar-refractivity contribution in [3.8, 4) is 22.6 Å². The Hall–Kier alpha value is -3.69. The van der Waals surface area contributed by atoms with Gasteiger partial charge in [0.2, 0.25) is 0 Å². The minimum atomic E-state index is -0.512. The molecule has 10 heteroatoms. The van der Waals surface area contributed by atoms with Crippen molar-refractivity contribution in [2.24, 2.45) is 7.05 Å². The molecular weight excluding hydrogens is 420 g/mol.